The molecule has 0 bridgehead atoms. The normalized spacial score (nSPS) is 20.1. The van der Waals surface area contributed by atoms with Gasteiger partial charge in [0, 0.05) is 44.5 Å². The lowest BCUT2D eigenvalue weighted by molar-refractivity contribution is -0.137. The third-order valence-corrected chi connectivity index (χ3v) is 6.94. The number of aromatic nitrogens is 3. The molecular formula is C20H20F3N5O2S. The summed E-state index contributed by atoms with van der Waals surface area (Å²) in [5.41, 5.74) is 0.0583. The Bertz CT molecular complexity index is 1160. The first kappa shape index (κ1) is 21.3. The second-order valence-electron chi connectivity index (χ2n) is 7.39. The number of halogens is 3. The average molecular weight is 451 g/mol. The van der Waals surface area contributed by atoms with Crippen molar-refractivity contribution < 1.29 is 21.6 Å². The van der Waals surface area contributed by atoms with Crippen molar-refractivity contribution in [2.45, 2.75) is 23.2 Å². The predicted octanol–water partition coefficient (Wildman–Crippen LogP) is 3.10. The number of pyridine rings is 1. The molecule has 164 valence electrons. The lowest BCUT2D eigenvalue weighted by Crippen LogP contribution is -2.32. The molecule has 0 spiro atoms. The van der Waals surface area contributed by atoms with E-state index < -0.39 is 27.8 Å². The second-order valence-corrected chi connectivity index (χ2v) is 9.28. The number of sulfonamides is 1. The summed E-state index contributed by atoms with van der Waals surface area (Å²) in [6.45, 7) is 0.232. The van der Waals surface area contributed by atoms with Gasteiger partial charge in [-0.15, -0.1) is 0 Å². The number of rotatable bonds is 5. The Morgan fingerprint density at radius 2 is 1.84 bits per heavy atom. The van der Waals surface area contributed by atoms with Gasteiger partial charge in [0.05, 0.1) is 11.9 Å². The SMILES string of the molecule is Cn1cnc(S(=O)(=O)N2CC(Nc3cc(C(F)(F)F)ccn3)C(c3ccccc3)C2)c1. The van der Waals surface area contributed by atoms with Gasteiger partial charge in [-0.25, -0.2) is 18.4 Å². The minimum atomic E-state index is -4.50. The summed E-state index contributed by atoms with van der Waals surface area (Å²) < 4.78 is 68.2. The summed E-state index contributed by atoms with van der Waals surface area (Å²) in [6.07, 6.45) is -0.593. The maximum Gasteiger partial charge on any atom is 0.416 e. The van der Waals surface area contributed by atoms with Crippen LogP contribution < -0.4 is 5.32 Å². The van der Waals surface area contributed by atoms with Crippen LogP contribution in [0.2, 0.25) is 0 Å². The Labute approximate surface area is 177 Å². The van der Waals surface area contributed by atoms with Crippen molar-refractivity contribution >= 4 is 15.8 Å². The maximum atomic E-state index is 13.1. The number of alkyl halides is 3. The van der Waals surface area contributed by atoms with E-state index in [0.717, 1.165) is 23.9 Å². The second kappa shape index (κ2) is 7.97. The van der Waals surface area contributed by atoms with Crippen LogP contribution in [0.5, 0.6) is 0 Å². The van der Waals surface area contributed by atoms with Crippen molar-refractivity contribution in [2.75, 3.05) is 18.4 Å². The van der Waals surface area contributed by atoms with Crippen LogP contribution in [0.25, 0.3) is 0 Å². The van der Waals surface area contributed by atoms with Crippen molar-refractivity contribution in [1.29, 1.82) is 0 Å². The molecule has 1 saturated heterocycles. The molecule has 7 nitrogen and oxygen atoms in total. The van der Waals surface area contributed by atoms with E-state index in [4.69, 9.17) is 0 Å². The number of anilines is 1. The largest absolute Gasteiger partial charge is 0.416 e. The number of benzene rings is 1. The topological polar surface area (TPSA) is 80.1 Å². The zero-order chi connectivity index (χ0) is 22.2. The van der Waals surface area contributed by atoms with Gasteiger partial charge in [-0.2, -0.15) is 17.5 Å². The molecule has 3 heterocycles. The number of hydrogen-bond donors (Lipinski definition) is 1. The van der Waals surface area contributed by atoms with E-state index >= 15 is 0 Å². The van der Waals surface area contributed by atoms with Crippen LogP contribution in [0, 0.1) is 0 Å². The molecule has 0 radical (unpaired) electrons. The van der Waals surface area contributed by atoms with Crippen molar-refractivity contribution in [3.63, 3.8) is 0 Å². The molecule has 0 amide bonds. The van der Waals surface area contributed by atoms with E-state index in [9.17, 15) is 21.6 Å². The van der Waals surface area contributed by atoms with Crippen molar-refractivity contribution in [2.24, 2.45) is 7.05 Å². The van der Waals surface area contributed by atoms with Gasteiger partial charge in [0.15, 0.2) is 5.03 Å². The van der Waals surface area contributed by atoms with E-state index in [0.29, 0.717) is 0 Å². The van der Waals surface area contributed by atoms with Gasteiger partial charge in [0.25, 0.3) is 10.0 Å². The number of nitrogens with zero attached hydrogens (tertiary/aromatic N) is 4. The summed E-state index contributed by atoms with van der Waals surface area (Å²) in [4.78, 5) is 7.95. The van der Waals surface area contributed by atoms with Gasteiger partial charge in [-0.05, 0) is 17.7 Å². The fourth-order valence-corrected chi connectivity index (χ4v) is 5.14. The van der Waals surface area contributed by atoms with Gasteiger partial charge >= 0.3 is 6.18 Å². The van der Waals surface area contributed by atoms with Gasteiger partial charge in [0.2, 0.25) is 0 Å². The fraction of sp³-hybridized carbons (Fsp3) is 0.300. The highest BCUT2D eigenvalue weighted by Gasteiger charge is 2.41. The highest BCUT2D eigenvalue weighted by atomic mass is 32.2. The molecule has 0 saturated carbocycles. The van der Waals surface area contributed by atoms with E-state index in [1.165, 1.54) is 16.8 Å². The Morgan fingerprint density at radius 3 is 2.48 bits per heavy atom. The van der Waals surface area contributed by atoms with E-state index in [2.05, 4.69) is 15.3 Å². The van der Waals surface area contributed by atoms with Crippen LogP contribution in [0.4, 0.5) is 19.0 Å². The molecule has 1 aromatic carbocycles. The zero-order valence-corrected chi connectivity index (χ0v) is 17.3. The summed E-state index contributed by atoms with van der Waals surface area (Å²) in [7, 11) is -2.18. The van der Waals surface area contributed by atoms with E-state index in [1.807, 2.05) is 30.3 Å². The van der Waals surface area contributed by atoms with Crippen molar-refractivity contribution in [3.8, 4) is 0 Å². The van der Waals surface area contributed by atoms with Gasteiger partial charge in [0.1, 0.15) is 5.82 Å². The molecule has 2 unspecified atom stereocenters. The van der Waals surface area contributed by atoms with E-state index in [1.54, 1.807) is 11.6 Å². The van der Waals surface area contributed by atoms with Crippen LogP contribution in [0.15, 0.2) is 66.2 Å². The number of hydrogen-bond acceptors (Lipinski definition) is 5. The molecule has 0 aliphatic carbocycles. The predicted molar refractivity (Wildman–Crippen MR) is 108 cm³/mol. The lowest BCUT2D eigenvalue weighted by Gasteiger charge is -2.21. The van der Waals surface area contributed by atoms with Gasteiger partial charge < -0.3 is 9.88 Å². The molecule has 11 heteroatoms. The van der Waals surface area contributed by atoms with Crippen LogP contribution in [-0.4, -0.2) is 46.4 Å². The molecule has 4 rings (SSSR count). The quantitative estimate of drug-likeness (QED) is 0.645. The monoisotopic (exact) mass is 451 g/mol. The summed E-state index contributed by atoms with van der Waals surface area (Å²) in [5.74, 6) is -0.242. The Kier molecular flexibility index (Phi) is 5.48. The van der Waals surface area contributed by atoms with Crippen molar-refractivity contribution in [1.82, 2.24) is 18.8 Å². The summed E-state index contributed by atoms with van der Waals surface area (Å²) >= 11 is 0. The highest BCUT2D eigenvalue weighted by Crippen LogP contribution is 2.34. The minimum absolute atomic E-state index is 0.0397. The van der Waals surface area contributed by atoms with E-state index in [-0.39, 0.29) is 29.9 Å². The zero-order valence-electron chi connectivity index (χ0n) is 16.5. The molecule has 1 aliphatic rings. The maximum absolute atomic E-state index is 13.1. The van der Waals surface area contributed by atoms with Crippen LogP contribution >= 0.6 is 0 Å². The molecule has 3 aromatic rings. The minimum Gasteiger partial charge on any atom is -0.365 e. The average Bonchev–Trinajstić information content (AvgIpc) is 3.36. The molecule has 2 atom stereocenters. The van der Waals surface area contributed by atoms with Crippen LogP contribution in [0.3, 0.4) is 0 Å². The third kappa shape index (κ3) is 4.42. The molecular weight excluding hydrogens is 431 g/mol. The Morgan fingerprint density at radius 1 is 1.10 bits per heavy atom. The lowest BCUT2D eigenvalue weighted by atomic mass is 9.94. The van der Waals surface area contributed by atoms with Gasteiger partial charge in [-0.3, -0.25) is 0 Å². The molecule has 1 N–H and O–H groups in total. The third-order valence-electron chi connectivity index (χ3n) is 5.22. The molecule has 2 aromatic heterocycles. The standard InChI is InChI=1S/C20H20F3N5O2S/c1-27-12-19(25-13-27)31(29,30)28-10-16(14-5-3-2-4-6-14)17(11-28)26-18-9-15(7-8-24-18)20(21,22)23/h2-9,12-13,16-17H,10-11H2,1H3,(H,24,26). The molecule has 31 heavy (non-hydrogen) atoms. The molecule has 1 aliphatic heterocycles. The number of imidazole rings is 1. The smallest absolute Gasteiger partial charge is 0.365 e. The first-order valence-electron chi connectivity index (χ1n) is 9.47. The first-order chi connectivity index (χ1) is 14.6. The molecule has 1 fully saturated rings. The number of aryl methyl sites for hydroxylation is 1. The Balaban J connectivity index is 1.65. The van der Waals surface area contributed by atoms with Gasteiger partial charge in [-0.1, -0.05) is 30.3 Å². The van der Waals surface area contributed by atoms with Crippen LogP contribution in [-0.2, 0) is 23.2 Å². The highest BCUT2D eigenvalue weighted by molar-refractivity contribution is 7.89. The first-order valence-corrected chi connectivity index (χ1v) is 10.9. The fourth-order valence-electron chi connectivity index (χ4n) is 3.68. The van der Waals surface area contributed by atoms with Crippen molar-refractivity contribution in [3.05, 3.63) is 72.3 Å². The summed E-state index contributed by atoms with van der Waals surface area (Å²) in [6, 6.07) is 10.6. The van der Waals surface area contributed by atoms with Crippen LogP contribution in [0.1, 0.15) is 17.0 Å². The number of nitrogens with one attached hydrogen (secondary N) is 1. The Hall–Kier alpha value is -2.92. The summed E-state index contributed by atoms with van der Waals surface area (Å²) in [5, 5.41) is 2.95.